The van der Waals surface area contributed by atoms with Gasteiger partial charge in [0.15, 0.2) is 0 Å². The molecule has 0 aromatic heterocycles. The highest BCUT2D eigenvalue weighted by atomic mass is 16.5. The van der Waals surface area contributed by atoms with Crippen LogP contribution < -0.4 is 16.0 Å². The molecule has 4 rings (SSSR count). The van der Waals surface area contributed by atoms with Crippen molar-refractivity contribution in [3.05, 3.63) is 0 Å². The first-order valence-corrected chi connectivity index (χ1v) is 9.99. The Kier molecular flexibility index (Phi) is 6.20. The lowest BCUT2D eigenvalue weighted by Gasteiger charge is -2.56. The Morgan fingerprint density at radius 3 is 2.24 bits per heavy atom. The Hall–Kier alpha value is -1.30. The monoisotopic (exact) mass is 351 g/mol. The zero-order valence-corrected chi connectivity index (χ0v) is 15.4. The highest BCUT2D eigenvalue weighted by molar-refractivity contribution is 5.78. The molecule has 0 aromatic carbocycles. The first-order chi connectivity index (χ1) is 12.1. The quantitative estimate of drug-likeness (QED) is 0.557. The second-order valence-electron chi connectivity index (χ2n) is 8.23. The van der Waals surface area contributed by atoms with Crippen molar-refractivity contribution >= 4 is 11.9 Å². The van der Waals surface area contributed by atoms with Crippen LogP contribution in [0.1, 0.15) is 58.3 Å². The second-order valence-corrected chi connectivity index (χ2v) is 8.23. The normalized spacial score (nSPS) is 32.4. The summed E-state index contributed by atoms with van der Waals surface area (Å²) in [6.07, 6.45) is 8.68. The molecule has 0 aliphatic heterocycles. The summed E-state index contributed by atoms with van der Waals surface area (Å²) in [5, 5.41) is 8.98. The first-order valence-electron chi connectivity index (χ1n) is 9.99. The second kappa shape index (κ2) is 8.39. The van der Waals surface area contributed by atoms with E-state index in [1.165, 1.54) is 19.3 Å². The standard InChI is InChI=1S/C19H33N3O3/c1-2-25-7-3-5-20-17(23)4-6-21-18(24)22-19-11-14-8-15(12-19)10-16(9-14)13-19/h14-16H,2-13H2,1H3,(H,20,23)(H2,21,22,24). The molecule has 142 valence electrons. The minimum Gasteiger partial charge on any atom is -0.382 e. The van der Waals surface area contributed by atoms with E-state index in [9.17, 15) is 9.59 Å². The Bertz CT molecular complexity index is 445. The zero-order chi connectivity index (χ0) is 17.7. The highest BCUT2D eigenvalue weighted by Gasteiger charge is 2.51. The number of hydrogen-bond donors (Lipinski definition) is 3. The number of amides is 3. The van der Waals surface area contributed by atoms with Gasteiger partial charge in [-0.15, -0.1) is 0 Å². The molecule has 25 heavy (non-hydrogen) atoms. The summed E-state index contributed by atoms with van der Waals surface area (Å²) in [4.78, 5) is 24.0. The van der Waals surface area contributed by atoms with Gasteiger partial charge in [0.1, 0.15) is 0 Å². The van der Waals surface area contributed by atoms with Crippen molar-refractivity contribution in [3.8, 4) is 0 Å². The predicted octanol–water partition coefficient (Wildman–Crippen LogP) is 2.19. The van der Waals surface area contributed by atoms with E-state index in [0.717, 1.165) is 43.4 Å². The van der Waals surface area contributed by atoms with Crippen molar-refractivity contribution in [1.29, 1.82) is 0 Å². The van der Waals surface area contributed by atoms with E-state index >= 15 is 0 Å². The Morgan fingerprint density at radius 1 is 1.00 bits per heavy atom. The van der Waals surface area contributed by atoms with Crippen LogP contribution in [0.2, 0.25) is 0 Å². The van der Waals surface area contributed by atoms with E-state index in [4.69, 9.17) is 4.74 Å². The average molecular weight is 351 g/mol. The fraction of sp³-hybridized carbons (Fsp3) is 0.895. The van der Waals surface area contributed by atoms with Gasteiger partial charge >= 0.3 is 6.03 Å². The van der Waals surface area contributed by atoms with E-state index in [1.807, 2.05) is 6.92 Å². The molecular weight excluding hydrogens is 318 g/mol. The number of carbonyl (C=O) groups is 2. The third-order valence-electron chi connectivity index (χ3n) is 6.05. The van der Waals surface area contributed by atoms with Crippen LogP contribution in [-0.4, -0.2) is 43.8 Å². The molecule has 0 unspecified atom stereocenters. The molecule has 0 saturated heterocycles. The van der Waals surface area contributed by atoms with Crippen molar-refractivity contribution in [2.24, 2.45) is 17.8 Å². The molecular formula is C19H33N3O3. The van der Waals surface area contributed by atoms with Crippen molar-refractivity contribution in [1.82, 2.24) is 16.0 Å². The molecule has 4 saturated carbocycles. The van der Waals surface area contributed by atoms with E-state index in [1.54, 1.807) is 0 Å². The van der Waals surface area contributed by atoms with Crippen molar-refractivity contribution < 1.29 is 14.3 Å². The fourth-order valence-electron chi connectivity index (χ4n) is 5.47. The molecule has 3 amide bonds. The molecule has 0 radical (unpaired) electrons. The van der Waals surface area contributed by atoms with Gasteiger partial charge in [-0.1, -0.05) is 0 Å². The maximum atomic E-state index is 12.3. The summed E-state index contributed by atoms with van der Waals surface area (Å²) >= 11 is 0. The van der Waals surface area contributed by atoms with E-state index < -0.39 is 0 Å². The highest BCUT2D eigenvalue weighted by Crippen LogP contribution is 2.55. The zero-order valence-electron chi connectivity index (χ0n) is 15.4. The van der Waals surface area contributed by atoms with Gasteiger partial charge in [-0.25, -0.2) is 4.79 Å². The summed E-state index contributed by atoms with van der Waals surface area (Å²) in [6.45, 7) is 4.34. The largest absolute Gasteiger partial charge is 0.382 e. The number of nitrogens with one attached hydrogen (secondary N) is 3. The SMILES string of the molecule is CCOCCCNC(=O)CCNC(=O)NC12CC3CC(CC(C3)C1)C2. The van der Waals surface area contributed by atoms with E-state index in [-0.39, 0.29) is 17.5 Å². The maximum Gasteiger partial charge on any atom is 0.315 e. The minimum absolute atomic E-state index is 0.0217. The smallest absolute Gasteiger partial charge is 0.315 e. The summed E-state index contributed by atoms with van der Waals surface area (Å²) in [6, 6.07) is -0.105. The number of urea groups is 1. The number of rotatable bonds is 9. The molecule has 0 atom stereocenters. The Balaban J connectivity index is 1.30. The van der Waals surface area contributed by atoms with Crippen LogP contribution in [0, 0.1) is 17.8 Å². The molecule has 0 aromatic rings. The summed E-state index contributed by atoms with van der Waals surface area (Å²) < 4.78 is 5.23. The Labute approximate surface area is 150 Å². The van der Waals surface area contributed by atoms with Crippen molar-refractivity contribution in [3.63, 3.8) is 0 Å². The minimum atomic E-state index is -0.105. The van der Waals surface area contributed by atoms with Crippen LogP contribution >= 0.6 is 0 Å². The topological polar surface area (TPSA) is 79.5 Å². The average Bonchev–Trinajstić information content (AvgIpc) is 2.52. The molecule has 6 heteroatoms. The molecule has 4 aliphatic carbocycles. The number of carbonyl (C=O) groups excluding carboxylic acids is 2. The van der Waals surface area contributed by atoms with Gasteiger partial charge < -0.3 is 20.7 Å². The van der Waals surface area contributed by atoms with Crippen molar-refractivity contribution in [2.75, 3.05) is 26.3 Å². The molecule has 6 nitrogen and oxygen atoms in total. The third kappa shape index (κ3) is 5.09. The van der Waals surface area contributed by atoms with Crippen molar-refractivity contribution in [2.45, 2.75) is 63.8 Å². The third-order valence-corrected chi connectivity index (χ3v) is 6.05. The maximum absolute atomic E-state index is 12.3. The van der Waals surface area contributed by atoms with E-state index in [2.05, 4.69) is 16.0 Å². The molecule has 4 fully saturated rings. The van der Waals surface area contributed by atoms with Gasteiger partial charge in [0.05, 0.1) is 0 Å². The number of ether oxygens (including phenoxy) is 1. The molecule has 3 N–H and O–H groups in total. The first kappa shape index (κ1) is 18.5. The summed E-state index contributed by atoms with van der Waals surface area (Å²) in [5.41, 5.74) is 0.0281. The van der Waals surface area contributed by atoms with Crippen LogP contribution in [0.4, 0.5) is 4.79 Å². The van der Waals surface area contributed by atoms with Gasteiger partial charge in [-0.05, 0) is 69.6 Å². The summed E-state index contributed by atoms with van der Waals surface area (Å²) in [5.74, 6) is 2.42. The lowest BCUT2D eigenvalue weighted by Crippen LogP contribution is -2.61. The molecule has 0 heterocycles. The van der Waals surface area contributed by atoms with Gasteiger partial charge in [-0.2, -0.15) is 0 Å². The lowest BCUT2D eigenvalue weighted by molar-refractivity contribution is -0.120. The van der Waals surface area contributed by atoms with Crippen LogP contribution in [0.5, 0.6) is 0 Å². The predicted molar refractivity (Wildman–Crippen MR) is 96.2 cm³/mol. The van der Waals surface area contributed by atoms with Crippen LogP contribution in [0.25, 0.3) is 0 Å². The van der Waals surface area contributed by atoms with Gasteiger partial charge in [-0.3, -0.25) is 4.79 Å². The summed E-state index contributed by atoms with van der Waals surface area (Å²) in [7, 11) is 0. The van der Waals surface area contributed by atoms with Crippen LogP contribution in [0.15, 0.2) is 0 Å². The molecule has 0 spiro atoms. The molecule has 4 bridgehead atoms. The van der Waals surface area contributed by atoms with E-state index in [0.29, 0.717) is 32.7 Å². The number of hydrogen-bond acceptors (Lipinski definition) is 3. The fourth-order valence-corrected chi connectivity index (χ4v) is 5.47. The molecule has 4 aliphatic rings. The lowest BCUT2D eigenvalue weighted by atomic mass is 9.53. The Morgan fingerprint density at radius 2 is 1.64 bits per heavy atom. The van der Waals surface area contributed by atoms with Gasteiger partial charge in [0.25, 0.3) is 0 Å². The van der Waals surface area contributed by atoms with Gasteiger partial charge in [0.2, 0.25) is 5.91 Å². The van der Waals surface area contributed by atoms with Gasteiger partial charge in [0, 0.05) is 38.3 Å². The van der Waals surface area contributed by atoms with Crippen LogP contribution in [-0.2, 0) is 9.53 Å². The van der Waals surface area contributed by atoms with Crippen LogP contribution in [0.3, 0.4) is 0 Å².